The average molecular weight is 447 g/mol. The van der Waals surface area contributed by atoms with Gasteiger partial charge in [0.05, 0.1) is 10.5 Å². The van der Waals surface area contributed by atoms with Crippen LogP contribution in [0.15, 0.2) is 121 Å². The third-order valence-corrected chi connectivity index (χ3v) is 8.94. The van der Waals surface area contributed by atoms with Crippen molar-refractivity contribution in [2.24, 2.45) is 0 Å². The highest BCUT2D eigenvalue weighted by Crippen LogP contribution is 2.63. The Morgan fingerprint density at radius 3 is 1.12 bits per heavy atom. The van der Waals surface area contributed by atoms with Gasteiger partial charge in [-0.25, -0.2) is 0 Å². The maximum atomic E-state index is 2.28. The predicted octanol–water partition coefficient (Wildman–Crippen LogP) is 9.01. The highest BCUT2D eigenvalue weighted by molar-refractivity contribution is 8.00. The number of rotatable bonds is 4. The second kappa shape index (κ2) is 8.46. The fraction of sp³-hybridized carbons (Fsp3) is 0.0667. The molecule has 0 fully saturated rings. The lowest BCUT2D eigenvalue weighted by molar-refractivity contribution is 1.16. The van der Waals surface area contributed by atoms with Gasteiger partial charge in [-0.05, 0) is 33.4 Å². The standard InChI is InChI=1S/C30H22S2/c1-5-13-21(14-6-1)27-25-26(29(31-27)23-17-9-3-10-18-23)30(24-19-11-4-12-20-24)32-28(25)22-15-7-2-8-16-22/h1-20,27,29H. The third kappa shape index (κ3) is 3.40. The molecule has 5 aromatic rings. The van der Waals surface area contributed by atoms with Crippen LogP contribution in [0, 0.1) is 0 Å². The van der Waals surface area contributed by atoms with E-state index < -0.39 is 0 Å². The second-order valence-corrected chi connectivity index (χ2v) is 10.3. The summed E-state index contributed by atoms with van der Waals surface area (Å²) in [5.74, 6) is 0. The smallest absolute Gasteiger partial charge is 0.0574 e. The number of hydrogen-bond donors (Lipinski definition) is 0. The van der Waals surface area contributed by atoms with Gasteiger partial charge in [0.25, 0.3) is 0 Å². The van der Waals surface area contributed by atoms with Crippen molar-refractivity contribution in [3.05, 3.63) is 144 Å². The molecule has 2 heterocycles. The summed E-state index contributed by atoms with van der Waals surface area (Å²) in [7, 11) is 0. The number of thioether (sulfide) groups is 1. The lowest BCUT2D eigenvalue weighted by Crippen LogP contribution is -1.93. The van der Waals surface area contributed by atoms with Crippen LogP contribution in [0.5, 0.6) is 0 Å². The van der Waals surface area contributed by atoms with E-state index in [4.69, 9.17) is 0 Å². The lowest BCUT2D eigenvalue weighted by Gasteiger charge is -2.16. The maximum absolute atomic E-state index is 2.28. The number of fused-ring (bicyclic) bond motifs is 1. The van der Waals surface area contributed by atoms with E-state index >= 15 is 0 Å². The van der Waals surface area contributed by atoms with Crippen molar-refractivity contribution in [1.29, 1.82) is 0 Å². The molecule has 0 saturated heterocycles. The molecule has 0 amide bonds. The van der Waals surface area contributed by atoms with Crippen LogP contribution in [0.3, 0.4) is 0 Å². The molecule has 0 radical (unpaired) electrons. The summed E-state index contributed by atoms with van der Waals surface area (Å²) in [5.41, 5.74) is 8.37. The Bertz CT molecular complexity index is 1220. The normalized spacial score (nSPS) is 17.2. The molecule has 1 aromatic heterocycles. The summed E-state index contributed by atoms with van der Waals surface area (Å²) in [4.78, 5) is 2.80. The molecular formula is C30H22S2. The first kappa shape index (κ1) is 19.6. The molecule has 32 heavy (non-hydrogen) atoms. The minimum absolute atomic E-state index is 0.320. The predicted molar refractivity (Wildman–Crippen MR) is 139 cm³/mol. The van der Waals surface area contributed by atoms with E-state index in [1.54, 1.807) is 0 Å². The van der Waals surface area contributed by atoms with Crippen molar-refractivity contribution >= 4 is 23.1 Å². The summed E-state index contributed by atoms with van der Waals surface area (Å²) < 4.78 is 0. The van der Waals surface area contributed by atoms with Gasteiger partial charge in [-0.15, -0.1) is 23.1 Å². The van der Waals surface area contributed by atoms with E-state index in [2.05, 4.69) is 133 Å². The monoisotopic (exact) mass is 446 g/mol. The molecule has 1 aliphatic heterocycles. The largest absolute Gasteiger partial charge is 0.136 e. The van der Waals surface area contributed by atoms with Crippen LogP contribution in [0.1, 0.15) is 32.8 Å². The molecule has 0 N–H and O–H groups in total. The van der Waals surface area contributed by atoms with Gasteiger partial charge in [0, 0.05) is 9.75 Å². The van der Waals surface area contributed by atoms with Crippen LogP contribution in [0.4, 0.5) is 0 Å². The Morgan fingerprint density at radius 1 is 0.406 bits per heavy atom. The topological polar surface area (TPSA) is 0 Å². The van der Waals surface area contributed by atoms with Crippen molar-refractivity contribution in [3.63, 3.8) is 0 Å². The van der Waals surface area contributed by atoms with Crippen molar-refractivity contribution < 1.29 is 0 Å². The highest BCUT2D eigenvalue weighted by atomic mass is 32.2. The Labute approximate surface area is 197 Å². The van der Waals surface area contributed by atoms with Crippen LogP contribution in [-0.4, -0.2) is 0 Å². The minimum atomic E-state index is 0.320. The summed E-state index contributed by atoms with van der Waals surface area (Å²) in [6.45, 7) is 0. The Hall–Kier alpha value is -3.07. The SMILES string of the molecule is c1ccc(-c2sc(-c3ccccc3)c3c2C(c2ccccc2)SC3c2ccccc2)cc1. The third-order valence-electron chi connectivity index (χ3n) is 6.06. The van der Waals surface area contributed by atoms with Gasteiger partial charge in [-0.2, -0.15) is 0 Å². The summed E-state index contributed by atoms with van der Waals surface area (Å²) >= 11 is 4.03. The zero-order chi connectivity index (χ0) is 21.3. The molecule has 154 valence electrons. The molecule has 1 aliphatic rings. The van der Waals surface area contributed by atoms with E-state index in [0.717, 1.165) is 0 Å². The summed E-state index contributed by atoms with van der Waals surface area (Å²) in [5, 5.41) is 0.639. The van der Waals surface area contributed by atoms with Gasteiger partial charge in [0.2, 0.25) is 0 Å². The first-order chi connectivity index (χ1) is 15.9. The van der Waals surface area contributed by atoms with Gasteiger partial charge in [-0.1, -0.05) is 121 Å². The first-order valence-corrected chi connectivity index (χ1v) is 12.7. The number of benzene rings is 4. The maximum Gasteiger partial charge on any atom is 0.0574 e. The van der Waals surface area contributed by atoms with E-state index in [1.165, 1.54) is 43.1 Å². The summed E-state index contributed by atoms with van der Waals surface area (Å²) in [6, 6.07) is 43.8. The average Bonchev–Trinajstić information content (AvgIpc) is 3.45. The summed E-state index contributed by atoms with van der Waals surface area (Å²) in [6.07, 6.45) is 0. The zero-order valence-electron chi connectivity index (χ0n) is 17.5. The fourth-order valence-electron chi connectivity index (χ4n) is 4.60. The van der Waals surface area contributed by atoms with Gasteiger partial charge in [-0.3, -0.25) is 0 Å². The molecule has 6 rings (SSSR count). The van der Waals surface area contributed by atoms with E-state index in [0.29, 0.717) is 10.5 Å². The molecule has 2 atom stereocenters. The van der Waals surface area contributed by atoms with Crippen molar-refractivity contribution in [3.8, 4) is 20.9 Å². The van der Waals surface area contributed by atoms with Crippen molar-refractivity contribution in [2.45, 2.75) is 10.5 Å². The zero-order valence-corrected chi connectivity index (χ0v) is 19.2. The molecule has 0 bridgehead atoms. The number of thiophene rings is 1. The Balaban J connectivity index is 1.65. The quantitative estimate of drug-likeness (QED) is 0.265. The molecule has 0 spiro atoms. The first-order valence-electron chi connectivity index (χ1n) is 10.9. The van der Waals surface area contributed by atoms with Gasteiger partial charge < -0.3 is 0 Å². The lowest BCUT2D eigenvalue weighted by atomic mass is 9.92. The van der Waals surface area contributed by atoms with Gasteiger partial charge in [0.1, 0.15) is 0 Å². The van der Waals surface area contributed by atoms with Crippen LogP contribution in [-0.2, 0) is 0 Å². The number of hydrogen-bond acceptors (Lipinski definition) is 2. The Morgan fingerprint density at radius 2 is 0.750 bits per heavy atom. The molecule has 0 aliphatic carbocycles. The van der Waals surface area contributed by atoms with Gasteiger partial charge >= 0.3 is 0 Å². The second-order valence-electron chi connectivity index (χ2n) is 8.04. The fourth-order valence-corrected chi connectivity index (χ4v) is 7.80. The van der Waals surface area contributed by atoms with Crippen molar-refractivity contribution in [2.75, 3.05) is 0 Å². The molecular weight excluding hydrogens is 424 g/mol. The molecule has 4 aromatic carbocycles. The van der Waals surface area contributed by atoms with E-state index in [-0.39, 0.29) is 0 Å². The molecule has 0 nitrogen and oxygen atoms in total. The minimum Gasteiger partial charge on any atom is -0.136 e. The molecule has 2 heteroatoms. The Kier molecular flexibility index (Phi) is 5.18. The van der Waals surface area contributed by atoms with Crippen LogP contribution >= 0.6 is 23.1 Å². The van der Waals surface area contributed by atoms with Crippen LogP contribution in [0.2, 0.25) is 0 Å². The molecule has 0 saturated carbocycles. The van der Waals surface area contributed by atoms with Crippen LogP contribution in [0.25, 0.3) is 20.9 Å². The van der Waals surface area contributed by atoms with Crippen LogP contribution < -0.4 is 0 Å². The molecule has 2 unspecified atom stereocenters. The van der Waals surface area contributed by atoms with Gasteiger partial charge in [0.15, 0.2) is 0 Å². The highest BCUT2D eigenvalue weighted by Gasteiger charge is 2.40. The van der Waals surface area contributed by atoms with E-state index in [1.807, 2.05) is 11.3 Å². The van der Waals surface area contributed by atoms with Crippen molar-refractivity contribution in [1.82, 2.24) is 0 Å². The van der Waals surface area contributed by atoms with E-state index in [9.17, 15) is 0 Å².